The predicted octanol–water partition coefficient (Wildman–Crippen LogP) is 3.77. The van der Waals surface area contributed by atoms with E-state index in [0.717, 1.165) is 28.1 Å². The summed E-state index contributed by atoms with van der Waals surface area (Å²) in [6.45, 7) is 3.85. The lowest BCUT2D eigenvalue weighted by molar-refractivity contribution is 0.250. The standard InChI is InChI=1S/C18H20N4O/c1-12(2)19-18(23)20-14-9-10-16-15(11-14)21-17(22(16)3)13-7-5-4-6-8-13/h4-12H,1-3H3,(H2,19,20,23). The van der Waals surface area contributed by atoms with Crippen LogP contribution >= 0.6 is 0 Å². The molecule has 5 nitrogen and oxygen atoms in total. The number of rotatable bonds is 3. The number of aromatic nitrogens is 2. The van der Waals surface area contributed by atoms with Gasteiger partial charge in [-0.3, -0.25) is 0 Å². The number of nitrogens with one attached hydrogen (secondary N) is 2. The van der Waals surface area contributed by atoms with Crippen molar-refractivity contribution in [2.45, 2.75) is 19.9 Å². The molecule has 2 amide bonds. The smallest absolute Gasteiger partial charge is 0.319 e. The number of imidazole rings is 1. The second kappa shape index (κ2) is 6.12. The van der Waals surface area contributed by atoms with E-state index in [1.165, 1.54) is 0 Å². The number of benzene rings is 2. The summed E-state index contributed by atoms with van der Waals surface area (Å²) >= 11 is 0. The number of amides is 2. The first-order valence-electron chi connectivity index (χ1n) is 7.64. The van der Waals surface area contributed by atoms with Gasteiger partial charge in [-0.15, -0.1) is 0 Å². The summed E-state index contributed by atoms with van der Waals surface area (Å²) in [6, 6.07) is 15.7. The summed E-state index contributed by atoms with van der Waals surface area (Å²) in [6.07, 6.45) is 0. The number of fused-ring (bicyclic) bond motifs is 1. The van der Waals surface area contributed by atoms with Crippen LogP contribution in [-0.4, -0.2) is 21.6 Å². The second-order valence-electron chi connectivity index (χ2n) is 5.82. The molecule has 3 aromatic rings. The van der Waals surface area contributed by atoms with Crippen molar-refractivity contribution >= 4 is 22.8 Å². The van der Waals surface area contributed by atoms with Crippen LogP contribution < -0.4 is 10.6 Å². The Bertz CT molecular complexity index is 837. The Morgan fingerprint density at radius 2 is 1.87 bits per heavy atom. The molecule has 0 bridgehead atoms. The van der Waals surface area contributed by atoms with Crippen LogP contribution in [0.5, 0.6) is 0 Å². The highest BCUT2D eigenvalue weighted by atomic mass is 16.2. The lowest BCUT2D eigenvalue weighted by Crippen LogP contribution is -2.34. The molecule has 23 heavy (non-hydrogen) atoms. The molecule has 0 aliphatic carbocycles. The zero-order valence-electron chi connectivity index (χ0n) is 13.5. The van der Waals surface area contributed by atoms with Crippen molar-refractivity contribution in [2.24, 2.45) is 7.05 Å². The Morgan fingerprint density at radius 3 is 2.57 bits per heavy atom. The normalized spacial score (nSPS) is 11.0. The molecule has 5 heteroatoms. The van der Waals surface area contributed by atoms with Crippen molar-refractivity contribution in [3.63, 3.8) is 0 Å². The predicted molar refractivity (Wildman–Crippen MR) is 93.4 cm³/mol. The van der Waals surface area contributed by atoms with Gasteiger partial charge in [0.1, 0.15) is 5.82 Å². The Kier molecular flexibility index (Phi) is 4.02. The summed E-state index contributed by atoms with van der Waals surface area (Å²) in [7, 11) is 2.00. The van der Waals surface area contributed by atoms with Crippen molar-refractivity contribution in [1.82, 2.24) is 14.9 Å². The number of carbonyl (C=O) groups excluding carboxylic acids is 1. The molecule has 0 aliphatic heterocycles. The van der Waals surface area contributed by atoms with E-state index in [9.17, 15) is 4.79 Å². The van der Waals surface area contributed by atoms with Gasteiger partial charge >= 0.3 is 6.03 Å². The molecule has 0 unspecified atom stereocenters. The van der Waals surface area contributed by atoms with E-state index >= 15 is 0 Å². The van der Waals surface area contributed by atoms with E-state index in [0.29, 0.717) is 0 Å². The summed E-state index contributed by atoms with van der Waals surface area (Å²) < 4.78 is 2.06. The molecular weight excluding hydrogens is 288 g/mol. The minimum atomic E-state index is -0.210. The molecule has 2 N–H and O–H groups in total. The van der Waals surface area contributed by atoms with Crippen LogP contribution in [0.25, 0.3) is 22.4 Å². The Hall–Kier alpha value is -2.82. The first-order chi connectivity index (χ1) is 11.0. The number of aryl methyl sites for hydroxylation is 1. The Labute approximate surface area is 135 Å². The number of urea groups is 1. The molecule has 0 saturated carbocycles. The molecule has 3 rings (SSSR count). The topological polar surface area (TPSA) is 59.0 Å². The fourth-order valence-electron chi connectivity index (χ4n) is 2.55. The Morgan fingerprint density at radius 1 is 1.13 bits per heavy atom. The molecule has 0 fully saturated rings. The van der Waals surface area contributed by atoms with Gasteiger partial charge in [-0.05, 0) is 32.0 Å². The maximum absolute atomic E-state index is 11.8. The maximum atomic E-state index is 11.8. The van der Waals surface area contributed by atoms with Crippen LogP contribution in [0.2, 0.25) is 0 Å². The van der Waals surface area contributed by atoms with Gasteiger partial charge in [0.25, 0.3) is 0 Å². The molecule has 0 aliphatic rings. The van der Waals surface area contributed by atoms with Crippen molar-refractivity contribution in [3.8, 4) is 11.4 Å². The minimum absolute atomic E-state index is 0.0956. The van der Waals surface area contributed by atoms with Crippen molar-refractivity contribution in [2.75, 3.05) is 5.32 Å². The highest BCUT2D eigenvalue weighted by molar-refractivity contribution is 5.92. The van der Waals surface area contributed by atoms with Gasteiger partial charge in [-0.1, -0.05) is 30.3 Å². The van der Waals surface area contributed by atoms with E-state index in [4.69, 9.17) is 4.98 Å². The van der Waals surface area contributed by atoms with Gasteiger partial charge in [-0.25, -0.2) is 9.78 Å². The van der Waals surface area contributed by atoms with Crippen LogP contribution in [0.1, 0.15) is 13.8 Å². The van der Waals surface area contributed by atoms with E-state index in [-0.39, 0.29) is 12.1 Å². The highest BCUT2D eigenvalue weighted by Gasteiger charge is 2.11. The number of carbonyl (C=O) groups is 1. The molecule has 1 aromatic heterocycles. The Balaban J connectivity index is 1.93. The molecule has 1 heterocycles. The monoisotopic (exact) mass is 308 g/mol. The zero-order valence-corrected chi connectivity index (χ0v) is 13.5. The number of hydrogen-bond donors (Lipinski definition) is 2. The van der Waals surface area contributed by atoms with Gasteiger partial charge in [-0.2, -0.15) is 0 Å². The average molecular weight is 308 g/mol. The molecule has 118 valence electrons. The van der Waals surface area contributed by atoms with Gasteiger partial charge in [0.2, 0.25) is 0 Å². The van der Waals surface area contributed by atoms with E-state index in [1.54, 1.807) is 0 Å². The third-order valence-corrected chi connectivity index (χ3v) is 3.59. The number of anilines is 1. The second-order valence-corrected chi connectivity index (χ2v) is 5.82. The quantitative estimate of drug-likeness (QED) is 0.774. The number of nitrogens with zero attached hydrogens (tertiary/aromatic N) is 2. The lowest BCUT2D eigenvalue weighted by atomic mass is 10.2. The van der Waals surface area contributed by atoms with Crippen molar-refractivity contribution in [1.29, 1.82) is 0 Å². The van der Waals surface area contributed by atoms with Gasteiger partial charge in [0.05, 0.1) is 11.0 Å². The number of hydrogen-bond acceptors (Lipinski definition) is 2. The van der Waals surface area contributed by atoms with Gasteiger partial charge < -0.3 is 15.2 Å². The summed E-state index contributed by atoms with van der Waals surface area (Å²) in [5, 5.41) is 5.64. The average Bonchev–Trinajstić information content (AvgIpc) is 2.84. The SMILES string of the molecule is CC(C)NC(=O)Nc1ccc2c(c1)nc(-c1ccccc1)n2C. The molecular formula is C18H20N4O. The fraction of sp³-hybridized carbons (Fsp3) is 0.222. The fourth-order valence-corrected chi connectivity index (χ4v) is 2.55. The third kappa shape index (κ3) is 3.18. The van der Waals surface area contributed by atoms with Crippen LogP contribution in [-0.2, 0) is 7.05 Å². The van der Waals surface area contributed by atoms with Gasteiger partial charge in [0, 0.05) is 24.3 Å². The van der Waals surface area contributed by atoms with Crippen molar-refractivity contribution in [3.05, 3.63) is 48.5 Å². The zero-order chi connectivity index (χ0) is 16.4. The van der Waals surface area contributed by atoms with Crippen molar-refractivity contribution < 1.29 is 4.79 Å². The van der Waals surface area contributed by atoms with Crippen LogP contribution in [0.15, 0.2) is 48.5 Å². The molecule has 0 spiro atoms. The molecule has 0 radical (unpaired) electrons. The summed E-state index contributed by atoms with van der Waals surface area (Å²) in [5.41, 5.74) is 3.68. The largest absolute Gasteiger partial charge is 0.336 e. The lowest BCUT2D eigenvalue weighted by Gasteiger charge is -2.10. The van der Waals surface area contributed by atoms with Crippen LogP contribution in [0, 0.1) is 0 Å². The third-order valence-electron chi connectivity index (χ3n) is 3.59. The highest BCUT2D eigenvalue weighted by Crippen LogP contribution is 2.25. The van der Waals surface area contributed by atoms with Crippen LogP contribution in [0.4, 0.5) is 10.5 Å². The van der Waals surface area contributed by atoms with Gasteiger partial charge in [0.15, 0.2) is 0 Å². The van der Waals surface area contributed by atoms with E-state index in [2.05, 4.69) is 15.2 Å². The summed E-state index contributed by atoms with van der Waals surface area (Å²) in [5.74, 6) is 0.907. The van der Waals surface area contributed by atoms with Crippen LogP contribution in [0.3, 0.4) is 0 Å². The van der Waals surface area contributed by atoms with E-state index < -0.39 is 0 Å². The molecule has 0 saturated heterocycles. The van der Waals surface area contributed by atoms with E-state index in [1.807, 2.05) is 69.4 Å². The first kappa shape index (κ1) is 15.1. The first-order valence-corrected chi connectivity index (χ1v) is 7.64. The molecule has 0 atom stereocenters. The molecule has 2 aromatic carbocycles. The summed E-state index contributed by atoms with van der Waals surface area (Å²) in [4.78, 5) is 16.5. The maximum Gasteiger partial charge on any atom is 0.319 e. The minimum Gasteiger partial charge on any atom is -0.336 e.